The lowest BCUT2D eigenvalue weighted by Gasteiger charge is -2.31. The summed E-state index contributed by atoms with van der Waals surface area (Å²) >= 11 is 0. The van der Waals surface area contributed by atoms with E-state index >= 15 is 0 Å². The van der Waals surface area contributed by atoms with Crippen LogP contribution in [0.25, 0.3) is 11.6 Å². The van der Waals surface area contributed by atoms with Gasteiger partial charge in [0.1, 0.15) is 5.82 Å². The van der Waals surface area contributed by atoms with E-state index in [1.54, 1.807) is 37.5 Å². The van der Waals surface area contributed by atoms with Crippen molar-refractivity contribution in [3.05, 3.63) is 75.7 Å². The van der Waals surface area contributed by atoms with Gasteiger partial charge in [0.15, 0.2) is 11.6 Å². The molecule has 3 aromatic rings. The van der Waals surface area contributed by atoms with Crippen molar-refractivity contribution < 1.29 is 9.18 Å². The molecule has 8 heteroatoms. The SMILES string of the molecule is Cc1nc(-c2ncccn2)[nH]c(=O)c1CC(=O)NC1(c2ccc(F)cc2)CCCC1. The summed E-state index contributed by atoms with van der Waals surface area (Å²) in [5, 5.41) is 3.11. The van der Waals surface area contributed by atoms with Crippen LogP contribution in [0.4, 0.5) is 4.39 Å². The zero-order chi connectivity index (χ0) is 21.1. The molecule has 2 N–H and O–H groups in total. The Morgan fingerprint density at radius 3 is 2.47 bits per heavy atom. The first-order valence-electron chi connectivity index (χ1n) is 9.91. The van der Waals surface area contributed by atoms with Crippen LogP contribution in [0.3, 0.4) is 0 Å². The van der Waals surface area contributed by atoms with Crippen molar-refractivity contribution >= 4 is 5.91 Å². The molecule has 2 aromatic heterocycles. The highest BCUT2D eigenvalue weighted by Gasteiger charge is 2.37. The van der Waals surface area contributed by atoms with Crippen LogP contribution in [0.1, 0.15) is 42.5 Å². The molecule has 0 unspecified atom stereocenters. The zero-order valence-corrected chi connectivity index (χ0v) is 16.6. The maximum atomic E-state index is 13.4. The van der Waals surface area contributed by atoms with Crippen molar-refractivity contribution in [3.63, 3.8) is 0 Å². The molecule has 30 heavy (non-hydrogen) atoms. The Morgan fingerprint density at radius 2 is 1.83 bits per heavy atom. The Kier molecular flexibility index (Phi) is 5.39. The highest BCUT2D eigenvalue weighted by atomic mass is 19.1. The van der Waals surface area contributed by atoms with Crippen LogP contribution in [0.5, 0.6) is 0 Å². The third-order valence-electron chi connectivity index (χ3n) is 5.57. The van der Waals surface area contributed by atoms with Gasteiger partial charge in [-0.3, -0.25) is 9.59 Å². The van der Waals surface area contributed by atoms with E-state index in [9.17, 15) is 14.0 Å². The molecular weight excluding hydrogens is 385 g/mol. The number of aryl methyl sites for hydroxylation is 1. The molecule has 2 heterocycles. The lowest BCUT2D eigenvalue weighted by Crippen LogP contribution is -2.45. The second kappa shape index (κ2) is 8.14. The van der Waals surface area contributed by atoms with Gasteiger partial charge < -0.3 is 10.3 Å². The molecule has 1 saturated carbocycles. The molecule has 0 aliphatic heterocycles. The number of aromatic amines is 1. The van der Waals surface area contributed by atoms with E-state index in [2.05, 4.69) is 25.3 Å². The summed E-state index contributed by atoms with van der Waals surface area (Å²) in [4.78, 5) is 40.7. The first kappa shape index (κ1) is 19.9. The van der Waals surface area contributed by atoms with Crippen molar-refractivity contribution in [1.82, 2.24) is 25.3 Å². The van der Waals surface area contributed by atoms with Crippen molar-refractivity contribution in [1.29, 1.82) is 0 Å². The molecule has 1 amide bonds. The second-order valence-corrected chi connectivity index (χ2v) is 7.57. The number of aromatic nitrogens is 4. The normalized spacial score (nSPS) is 15.1. The van der Waals surface area contributed by atoms with Gasteiger partial charge in [-0.15, -0.1) is 0 Å². The maximum Gasteiger partial charge on any atom is 0.255 e. The van der Waals surface area contributed by atoms with Gasteiger partial charge in [0.2, 0.25) is 5.91 Å². The van der Waals surface area contributed by atoms with E-state index < -0.39 is 5.54 Å². The molecule has 0 saturated heterocycles. The molecule has 1 aromatic carbocycles. The Balaban J connectivity index is 1.56. The highest BCUT2D eigenvalue weighted by molar-refractivity contribution is 5.80. The fourth-order valence-corrected chi connectivity index (χ4v) is 4.05. The Labute approximate surface area is 172 Å². The van der Waals surface area contributed by atoms with Crippen molar-refractivity contribution in [2.75, 3.05) is 0 Å². The number of carbonyl (C=O) groups is 1. The monoisotopic (exact) mass is 407 g/mol. The highest BCUT2D eigenvalue weighted by Crippen LogP contribution is 2.38. The summed E-state index contributed by atoms with van der Waals surface area (Å²) < 4.78 is 13.4. The maximum absolute atomic E-state index is 13.4. The van der Waals surface area contributed by atoms with Crippen LogP contribution in [0.2, 0.25) is 0 Å². The van der Waals surface area contributed by atoms with Gasteiger partial charge in [-0.05, 0) is 43.5 Å². The predicted molar refractivity (Wildman–Crippen MR) is 109 cm³/mol. The third kappa shape index (κ3) is 3.98. The molecule has 0 atom stereocenters. The number of amides is 1. The smallest absolute Gasteiger partial charge is 0.255 e. The molecule has 0 radical (unpaired) electrons. The van der Waals surface area contributed by atoms with Crippen LogP contribution in [-0.2, 0) is 16.8 Å². The number of carbonyl (C=O) groups excluding carboxylic acids is 1. The van der Waals surface area contributed by atoms with Crippen LogP contribution in [0, 0.1) is 12.7 Å². The molecule has 0 spiro atoms. The molecular formula is C22H22FN5O2. The van der Waals surface area contributed by atoms with Gasteiger partial charge in [0.05, 0.1) is 12.0 Å². The second-order valence-electron chi connectivity index (χ2n) is 7.57. The third-order valence-corrected chi connectivity index (χ3v) is 5.57. The Morgan fingerprint density at radius 1 is 1.17 bits per heavy atom. The summed E-state index contributed by atoms with van der Waals surface area (Å²) in [6, 6.07) is 7.92. The molecule has 154 valence electrons. The van der Waals surface area contributed by atoms with Gasteiger partial charge in [-0.25, -0.2) is 19.3 Å². The van der Waals surface area contributed by atoms with Crippen molar-refractivity contribution in [2.45, 2.75) is 44.6 Å². The van der Waals surface area contributed by atoms with Crippen LogP contribution >= 0.6 is 0 Å². The molecule has 4 rings (SSSR count). The molecule has 7 nitrogen and oxygen atoms in total. The van der Waals surface area contributed by atoms with Crippen molar-refractivity contribution in [3.8, 4) is 11.6 Å². The first-order chi connectivity index (χ1) is 14.5. The molecule has 1 fully saturated rings. The number of H-pyrrole nitrogens is 1. The van der Waals surface area contributed by atoms with Gasteiger partial charge in [0.25, 0.3) is 5.56 Å². The number of hydrogen-bond donors (Lipinski definition) is 2. The fourth-order valence-electron chi connectivity index (χ4n) is 4.05. The fraction of sp³-hybridized carbons (Fsp3) is 0.318. The number of hydrogen-bond acceptors (Lipinski definition) is 5. The van der Waals surface area contributed by atoms with Gasteiger partial charge in [0, 0.05) is 23.7 Å². The van der Waals surface area contributed by atoms with E-state index in [4.69, 9.17) is 0 Å². The van der Waals surface area contributed by atoms with E-state index in [1.165, 1.54) is 12.1 Å². The molecule has 0 bridgehead atoms. The summed E-state index contributed by atoms with van der Waals surface area (Å²) in [5.74, 6) is 0.00466. The van der Waals surface area contributed by atoms with Gasteiger partial charge in [-0.2, -0.15) is 0 Å². The van der Waals surface area contributed by atoms with Gasteiger partial charge >= 0.3 is 0 Å². The average Bonchev–Trinajstić information content (AvgIpc) is 3.21. The molecule has 1 aliphatic rings. The van der Waals surface area contributed by atoms with E-state index in [0.29, 0.717) is 17.1 Å². The number of nitrogens with zero attached hydrogens (tertiary/aromatic N) is 3. The number of rotatable bonds is 5. The lowest BCUT2D eigenvalue weighted by atomic mass is 9.87. The quantitative estimate of drug-likeness (QED) is 0.677. The minimum Gasteiger partial charge on any atom is -0.346 e. The van der Waals surface area contributed by atoms with E-state index in [0.717, 1.165) is 31.2 Å². The van der Waals surface area contributed by atoms with Crippen LogP contribution < -0.4 is 10.9 Å². The average molecular weight is 407 g/mol. The van der Waals surface area contributed by atoms with E-state index in [1.807, 2.05) is 0 Å². The summed E-state index contributed by atoms with van der Waals surface area (Å²) in [7, 11) is 0. The Hall–Kier alpha value is -3.42. The van der Waals surface area contributed by atoms with Crippen molar-refractivity contribution in [2.24, 2.45) is 0 Å². The summed E-state index contributed by atoms with van der Waals surface area (Å²) in [5.41, 5.74) is 0.729. The van der Waals surface area contributed by atoms with Gasteiger partial charge in [-0.1, -0.05) is 25.0 Å². The standard InChI is InChI=1S/C22H22FN5O2/c1-14-17(21(30)27-20(26-14)19-24-11-4-12-25-19)13-18(29)28-22(9-2-3-10-22)15-5-7-16(23)8-6-15/h4-8,11-12H,2-3,9-10,13H2,1H3,(H,28,29)(H,26,27,30). The predicted octanol–water partition coefficient (Wildman–Crippen LogP) is 2.80. The zero-order valence-electron chi connectivity index (χ0n) is 16.6. The largest absolute Gasteiger partial charge is 0.346 e. The minimum atomic E-state index is -0.531. The number of nitrogens with one attached hydrogen (secondary N) is 2. The number of benzene rings is 1. The van der Waals surface area contributed by atoms with Crippen LogP contribution in [-0.4, -0.2) is 25.8 Å². The summed E-state index contributed by atoms with van der Waals surface area (Å²) in [6.45, 7) is 1.69. The minimum absolute atomic E-state index is 0.0902. The lowest BCUT2D eigenvalue weighted by molar-refractivity contribution is -0.122. The Bertz CT molecular complexity index is 1110. The van der Waals surface area contributed by atoms with Crippen LogP contribution in [0.15, 0.2) is 47.5 Å². The summed E-state index contributed by atoms with van der Waals surface area (Å²) in [6.07, 6.45) is 6.55. The number of halogens is 1. The molecule has 1 aliphatic carbocycles. The van der Waals surface area contributed by atoms with E-state index in [-0.39, 0.29) is 29.5 Å². The first-order valence-corrected chi connectivity index (χ1v) is 9.91. The topological polar surface area (TPSA) is 101 Å².